The lowest BCUT2D eigenvalue weighted by Crippen LogP contribution is -2.46. The fourth-order valence-corrected chi connectivity index (χ4v) is 9.94. The highest BCUT2D eigenvalue weighted by molar-refractivity contribution is 7.99. The number of halogens is 1. The van der Waals surface area contributed by atoms with Crippen LogP contribution in [0, 0.1) is 10.1 Å². The highest BCUT2D eigenvalue weighted by Crippen LogP contribution is 2.33. The second-order valence-electron chi connectivity index (χ2n) is 15.2. The standard InChI is InChI=1S/C45H48ClN9O5S2/c46-35-11-14-40(33-7-3-1-4-8-33)34(27-35)30-52-19-21-53(22-20-52)37-12-15-41-43(28-37)47-32-48-45(41)51-62(58,59)39-13-16-42(44(29-39)55(56)57)50-36(31-61-38-9-5-2-6-10-38)17-18-49-54-23-25-60-26-24-54/h1-16,27-29,32,36,49-50H,17-26,30-31H2,(H,47,48,51). The molecule has 0 saturated carbocycles. The predicted octanol–water partition coefficient (Wildman–Crippen LogP) is 7.78. The highest BCUT2D eigenvalue weighted by atomic mass is 35.5. The van der Waals surface area contributed by atoms with E-state index in [1.54, 1.807) is 11.8 Å². The Bertz CT molecular complexity index is 2580. The van der Waals surface area contributed by atoms with Crippen molar-refractivity contribution in [2.75, 3.05) is 79.7 Å². The van der Waals surface area contributed by atoms with Crippen molar-refractivity contribution in [3.63, 3.8) is 0 Å². The van der Waals surface area contributed by atoms with Crippen molar-refractivity contribution in [2.45, 2.75) is 28.8 Å². The van der Waals surface area contributed by atoms with Gasteiger partial charge in [0.05, 0.1) is 28.5 Å². The second kappa shape index (κ2) is 20.2. The van der Waals surface area contributed by atoms with E-state index in [9.17, 15) is 18.5 Å². The summed E-state index contributed by atoms with van der Waals surface area (Å²) in [7, 11) is -4.29. The van der Waals surface area contributed by atoms with Gasteiger partial charge in [-0.05, 0) is 77.7 Å². The Morgan fingerprint density at radius 2 is 1.61 bits per heavy atom. The number of hydrogen-bond acceptors (Lipinski definition) is 13. The molecule has 3 heterocycles. The van der Waals surface area contributed by atoms with Crippen LogP contribution in [0.5, 0.6) is 0 Å². The molecule has 14 nitrogen and oxygen atoms in total. The molecule has 2 fully saturated rings. The van der Waals surface area contributed by atoms with E-state index in [2.05, 4.69) is 64.5 Å². The summed E-state index contributed by atoms with van der Waals surface area (Å²) in [6, 6.07) is 35.8. The molecule has 0 amide bonds. The molecule has 1 aromatic heterocycles. The summed E-state index contributed by atoms with van der Waals surface area (Å²) in [6.07, 6.45) is 1.97. The lowest BCUT2D eigenvalue weighted by Gasteiger charge is -2.36. The van der Waals surface area contributed by atoms with E-state index >= 15 is 0 Å². The van der Waals surface area contributed by atoms with Gasteiger partial charge in [0.1, 0.15) is 12.0 Å². The van der Waals surface area contributed by atoms with Gasteiger partial charge in [-0.1, -0.05) is 66.2 Å². The van der Waals surface area contributed by atoms with Gasteiger partial charge in [-0.2, -0.15) is 0 Å². The first-order valence-electron chi connectivity index (χ1n) is 20.6. The first-order valence-corrected chi connectivity index (χ1v) is 23.4. The Hall–Kier alpha value is -5.33. The minimum Gasteiger partial charge on any atom is -0.379 e. The van der Waals surface area contributed by atoms with Crippen LogP contribution >= 0.6 is 23.4 Å². The molecule has 0 spiro atoms. The van der Waals surface area contributed by atoms with Gasteiger partial charge in [-0.15, -0.1) is 11.8 Å². The normalized spacial score (nSPS) is 15.7. The number of nitro benzene ring substituents is 1. The zero-order valence-corrected chi connectivity index (χ0v) is 36.4. The number of nitrogens with one attached hydrogen (secondary N) is 3. The molecule has 0 radical (unpaired) electrons. The van der Waals surface area contributed by atoms with Gasteiger partial charge in [0.15, 0.2) is 5.82 Å². The number of morpholine rings is 1. The Kier molecular flexibility index (Phi) is 14.1. The third kappa shape index (κ3) is 11.0. The molecule has 2 aliphatic rings. The second-order valence-corrected chi connectivity index (χ2v) is 18.4. The summed E-state index contributed by atoms with van der Waals surface area (Å²) in [5, 5.41) is 19.1. The van der Waals surface area contributed by atoms with Crippen LogP contribution in [0.3, 0.4) is 0 Å². The molecule has 0 bridgehead atoms. The number of anilines is 3. The van der Waals surface area contributed by atoms with Crippen molar-refractivity contribution < 1.29 is 18.1 Å². The topological polar surface area (TPSA) is 158 Å². The van der Waals surface area contributed by atoms with Gasteiger partial charge in [0, 0.05) is 91.2 Å². The number of nitro groups is 1. The first kappa shape index (κ1) is 43.3. The van der Waals surface area contributed by atoms with Crippen LogP contribution in [0.1, 0.15) is 12.0 Å². The van der Waals surface area contributed by atoms with Crippen molar-refractivity contribution in [3.05, 3.63) is 142 Å². The van der Waals surface area contributed by atoms with E-state index < -0.39 is 14.9 Å². The molecule has 0 aliphatic carbocycles. The summed E-state index contributed by atoms with van der Waals surface area (Å²) >= 11 is 8.08. The third-order valence-corrected chi connectivity index (χ3v) is 13.8. The lowest BCUT2D eigenvalue weighted by atomic mass is 9.99. The number of nitrogens with zero attached hydrogens (tertiary/aromatic N) is 6. The number of sulfonamides is 1. The zero-order chi connectivity index (χ0) is 42.9. The molecule has 1 unspecified atom stereocenters. The molecule has 322 valence electrons. The van der Waals surface area contributed by atoms with Crippen molar-refractivity contribution in [1.82, 2.24) is 25.3 Å². The summed E-state index contributed by atoms with van der Waals surface area (Å²) in [4.78, 5) is 26.2. The van der Waals surface area contributed by atoms with Gasteiger partial charge in [-0.25, -0.2) is 23.4 Å². The van der Waals surface area contributed by atoms with E-state index in [-0.39, 0.29) is 28.1 Å². The molecule has 8 rings (SSSR count). The van der Waals surface area contributed by atoms with Gasteiger partial charge >= 0.3 is 0 Å². The molecular weight excluding hydrogens is 846 g/mol. The highest BCUT2D eigenvalue weighted by Gasteiger charge is 2.25. The number of fused-ring (bicyclic) bond motifs is 1. The molecular formula is C45H48ClN9O5S2. The fourth-order valence-electron chi connectivity index (χ4n) is 7.71. The van der Waals surface area contributed by atoms with Crippen LogP contribution in [0.2, 0.25) is 5.02 Å². The van der Waals surface area contributed by atoms with E-state index in [1.165, 1.54) is 29.6 Å². The Morgan fingerprint density at radius 3 is 2.37 bits per heavy atom. The molecule has 2 saturated heterocycles. The van der Waals surface area contributed by atoms with E-state index in [0.717, 1.165) is 68.0 Å². The lowest BCUT2D eigenvalue weighted by molar-refractivity contribution is -0.384. The Labute approximate surface area is 370 Å². The largest absolute Gasteiger partial charge is 0.379 e. The molecule has 2 aliphatic heterocycles. The van der Waals surface area contributed by atoms with Crippen molar-refractivity contribution in [3.8, 4) is 11.1 Å². The van der Waals surface area contributed by atoms with Crippen molar-refractivity contribution >= 4 is 67.2 Å². The number of hydrogen-bond donors (Lipinski definition) is 3. The molecule has 3 N–H and O–H groups in total. The van der Waals surface area contributed by atoms with Gasteiger partial charge < -0.3 is 15.0 Å². The van der Waals surface area contributed by atoms with Gasteiger partial charge in [-0.3, -0.25) is 25.2 Å². The molecule has 17 heteroatoms. The molecule has 1 atom stereocenters. The van der Waals surface area contributed by atoms with Crippen LogP contribution in [0.15, 0.2) is 131 Å². The zero-order valence-electron chi connectivity index (χ0n) is 34.0. The van der Waals surface area contributed by atoms with Gasteiger partial charge in [0.25, 0.3) is 15.7 Å². The average Bonchev–Trinajstić information content (AvgIpc) is 3.29. The Morgan fingerprint density at radius 1 is 0.855 bits per heavy atom. The maximum absolute atomic E-state index is 13.8. The van der Waals surface area contributed by atoms with Crippen LogP contribution in [0.4, 0.5) is 22.9 Å². The summed E-state index contributed by atoms with van der Waals surface area (Å²) in [5.74, 6) is 0.712. The van der Waals surface area contributed by atoms with Crippen LogP contribution in [-0.4, -0.2) is 104 Å². The maximum atomic E-state index is 13.8. The van der Waals surface area contributed by atoms with Crippen molar-refractivity contribution in [2.24, 2.45) is 0 Å². The minimum atomic E-state index is -4.29. The minimum absolute atomic E-state index is 0.0812. The Balaban J connectivity index is 0.932. The quantitative estimate of drug-likeness (QED) is 0.0464. The number of aromatic nitrogens is 2. The molecule has 6 aromatic rings. The van der Waals surface area contributed by atoms with Gasteiger partial charge in [0.2, 0.25) is 0 Å². The third-order valence-electron chi connectivity index (χ3n) is 11.0. The number of rotatable bonds is 17. The summed E-state index contributed by atoms with van der Waals surface area (Å²) < 4.78 is 35.7. The number of thioether (sulfide) groups is 1. The average molecular weight is 895 g/mol. The fraction of sp³-hybridized carbons (Fsp3) is 0.289. The number of piperazine rings is 1. The predicted molar refractivity (Wildman–Crippen MR) is 247 cm³/mol. The number of benzene rings is 5. The number of ether oxygens (including phenoxy) is 1. The van der Waals surface area contributed by atoms with Crippen molar-refractivity contribution in [1.29, 1.82) is 0 Å². The first-order chi connectivity index (χ1) is 30.2. The van der Waals surface area contributed by atoms with E-state index in [4.69, 9.17) is 16.3 Å². The SMILES string of the molecule is O=[N+]([O-])c1cc(S(=O)(=O)Nc2ncnc3cc(N4CCN(Cc5cc(Cl)ccc5-c5ccccc5)CC4)ccc23)ccc1NC(CCNN1CCOCC1)CSc1ccccc1. The summed E-state index contributed by atoms with van der Waals surface area (Å²) in [6.45, 7) is 7.55. The van der Waals surface area contributed by atoms with E-state index in [0.29, 0.717) is 47.9 Å². The number of hydrazine groups is 1. The smallest absolute Gasteiger partial charge is 0.293 e. The molecule has 62 heavy (non-hydrogen) atoms. The van der Waals surface area contributed by atoms with E-state index in [1.807, 2.05) is 72.8 Å². The van der Waals surface area contributed by atoms with Crippen LogP contribution in [-0.2, 0) is 21.3 Å². The maximum Gasteiger partial charge on any atom is 0.293 e. The monoisotopic (exact) mass is 893 g/mol. The van der Waals surface area contributed by atoms with Crippen LogP contribution in [0.25, 0.3) is 22.0 Å². The van der Waals surface area contributed by atoms with Crippen LogP contribution < -0.4 is 20.4 Å². The summed E-state index contributed by atoms with van der Waals surface area (Å²) in [5.41, 5.74) is 8.38. The molecule has 5 aromatic carbocycles.